The summed E-state index contributed by atoms with van der Waals surface area (Å²) in [5.74, 6) is -2.17. The van der Waals surface area contributed by atoms with Gasteiger partial charge in [0.15, 0.2) is 0 Å². The average molecular weight is 512 g/mol. The molecule has 0 saturated heterocycles. The summed E-state index contributed by atoms with van der Waals surface area (Å²) in [5, 5.41) is 12.2. The lowest BCUT2D eigenvalue weighted by atomic mass is 10.1. The van der Waals surface area contributed by atoms with E-state index >= 15 is 0 Å². The molecule has 2 amide bonds. The summed E-state index contributed by atoms with van der Waals surface area (Å²) in [5.41, 5.74) is 1.54. The highest BCUT2D eigenvalue weighted by molar-refractivity contribution is 7.90. The Bertz CT molecular complexity index is 1280. The third-order valence-electron chi connectivity index (χ3n) is 5.44. The molecule has 0 bridgehead atoms. The van der Waals surface area contributed by atoms with E-state index in [1.165, 1.54) is 41.3 Å². The van der Waals surface area contributed by atoms with Crippen molar-refractivity contribution in [3.05, 3.63) is 89.1 Å². The Balaban J connectivity index is 1.62. The summed E-state index contributed by atoms with van der Waals surface area (Å²) in [4.78, 5) is 37.9. The number of aliphatic carboxylic acids is 1. The van der Waals surface area contributed by atoms with Crippen LogP contribution in [-0.4, -0.2) is 55.8 Å². The molecule has 36 heavy (non-hydrogen) atoms. The van der Waals surface area contributed by atoms with Gasteiger partial charge in [0.25, 0.3) is 21.8 Å². The van der Waals surface area contributed by atoms with Crippen LogP contribution in [0.2, 0.25) is 0 Å². The van der Waals surface area contributed by atoms with E-state index in [1.807, 2.05) is 48.9 Å². The van der Waals surface area contributed by atoms with E-state index in [9.17, 15) is 27.9 Å². The van der Waals surface area contributed by atoms with Crippen LogP contribution in [0.5, 0.6) is 0 Å². The van der Waals surface area contributed by atoms with Gasteiger partial charge in [-0.25, -0.2) is 17.9 Å². The minimum absolute atomic E-state index is 0.0280. The number of hydrogen-bond donors (Lipinski definition) is 3. The van der Waals surface area contributed by atoms with Gasteiger partial charge in [0.2, 0.25) is 0 Å². The summed E-state index contributed by atoms with van der Waals surface area (Å²) in [7, 11) is -4.20. The molecule has 1 heterocycles. The summed E-state index contributed by atoms with van der Waals surface area (Å²) in [6, 6.07) is 15.0. The normalized spacial score (nSPS) is 13.6. The number of benzene rings is 2. The standard InChI is InChI=1S/C26H29N3O6S/c1-18(2)16-29-17-21(10-13-23(29)26(32)33)25(31)28-36(34,35)22-11-8-20(9-12-22)24(30)27-15-14-19-6-4-3-5-7-19/h3-13,18H,14-17H2,1-2H3,(H,27,30)(H,28,31)(H,32,33). The van der Waals surface area contributed by atoms with Gasteiger partial charge in [-0.05, 0) is 54.3 Å². The van der Waals surface area contributed by atoms with Crippen LogP contribution in [0.1, 0.15) is 29.8 Å². The van der Waals surface area contributed by atoms with Gasteiger partial charge in [0.05, 0.1) is 4.90 Å². The van der Waals surface area contributed by atoms with E-state index in [2.05, 4.69) is 5.32 Å². The molecule has 0 unspecified atom stereocenters. The largest absolute Gasteiger partial charge is 0.477 e. The first-order valence-corrected chi connectivity index (χ1v) is 12.9. The first-order chi connectivity index (χ1) is 17.1. The lowest BCUT2D eigenvalue weighted by Crippen LogP contribution is -2.40. The predicted octanol–water partition coefficient (Wildman–Crippen LogP) is 2.33. The second-order valence-electron chi connectivity index (χ2n) is 8.77. The molecule has 0 spiro atoms. The van der Waals surface area contributed by atoms with E-state index in [-0.39, 0.29) is 34.5 Å². The number of carbonyl (C=O) groups is 3. The monoisotopic (exact) mass is 511 g/mol. The molecule has 0 aromatic heterocycles. The minimum atomic E-state index is -4.20. The predicted molar refractivity (Wildman–Crippen MR) is 134 cm³/mol. The van der Waals surface area contributed by atoms with E-state index in [4.69, 9.17) is 0 Å². The molecule has 0 atom stereocenters. The molecule has 0 saturated carbocycles. The van der Waals surface area contributed by atoms with Gasteiger partial charge in [-0.1, -0.05) is 44.2 Å². The maximum absolute atomic E-state index is 12.7. The number of carboxylic acid groups (broad SMARTS) is 1. The van der Waals surface area contributed by atoms with Crippen LogP contribution >= 0.6 is 0 Å². The van der Waals surface area contributed by atoms with E-state index in [1.54, 1.807) is 0 Å². The van der Waals surface area contributed by atoms with E-state index in [0.29, 0.717) is 25.1 Å². The van der Waals surface area contributed by atoms with Crippen molar-refractivity contribution in [2.75, 3.05) is 19.6 Å². The molecule has 0 aliphatic carbocycles. The van der Waals surface area contributed by atoms with Crippen LogP contribution in [0, 0.1) is 5.92 Å². The average Bonchev–Trinajstić information content (AvgIpc) is 2.84. The Morgan fingerprint density at radius 2 is 1.64 bits per heavy atom. The van der Waals surface area contributed by atoms with Crippen molar-refractivity contribution in [1.29, 1.82) is 0 Å². The smallest absolute Gasteiger partial charge is 0.352 e. The summed E-state index contributed by atoms with van der Waals surface area (Å²) >= 11 is 0. The van der Waals surface area contributed by atoms with Gasteiger partial charge < -0.3 is 15.3 Å². The number of rotatable bonds is 10. The number of nitrogens with zero attached hydrogens (tertiary/aromatic N) is 1. The number of carboxylic acids is 1. The third kappa shape index (κ3) is 7.05. The number of sulfonamides is 1. The van der Waals surface area contributed by atoms with Crippen molar-refractivity contribution in [2.45, 2.75) is 25.2 Å². The van der Waals surface area contributed by atoms with Crippen molar-refractivity contribution in [1.82, 2.24) is 14.9 Å². The zero-order valence-corrected chi connectivity index (χ0v) is 20.9. The van der Waals surface area contributed by atoms with Gasteiger partial charge >= 0.3 is 5.97 Å². The lowest BCUT2D eigenvalue weighted by molar-refractivity contribution is -0.134. The zero-order valence-electron chi connectivity index (χ0n) is 20.1. The lowest BCUT2D eigenvalue weighted by Gasteiger charge is -2.29. The van der Waals surface area contributed by atoms with Crippen LogP contribution in [0.15, 0.2) is 82.9 Å². The molecule has 0 radical (unpaired) electrons. The maximum atomic E-state index is 12.7. The summed E-state index contributed by atoms with van der Waals surface area (Å²) < 4.78 is 27.5. The molecule has 3 rings (SSSR count). The molecular weight excluding hydrogens is 482 g/mol. The highest BCUT2D eigenvalue weighted by Crippen LogP contribution is 2.18. The van der Waals surface area contributed by atoms with Gasteiger partial charge in [-0.3, -0.25) is 9.59 Å². The minimum Gasteiger partial charge on any atom is -0.477 e. The van der Waals surface area contributed by atoms with Gasteiger partial charge in [0, 0.05) is 30.8 Å². The van der Waals surface area contributed by atoms with Crippen molar-refractivity contribution in [3.8, 4) is 0 Å². The molecule has 190 valence electrons. The molecule has 2 aromatic rings. The highest BCUT2D eigenvalue weighted by Gasteiger charge is 2.27. The SMILES string of the molecule is CC(C)CN1CC(C(=O)NS(=O)(=O)c2ccc(C(=O)NCCc3ccccc3)cc2)=CC=C1C(=O)O. The number of allylic oxidation sites excluding steroid dienone is 2. The Morgan fingerprint density at radius 1 is 0.972 bits per heavy atom. The fourth-order valence-electron chi connectivity index (χ4n) is 3.69. The molecule has 0 fully saturated rings. The number of carbonyl (C=O) groups excluding carboxylic acids is 2. The van der Waals surface area contributed by atoms with E-state index in [0.717, 1.165) is 5.56 Å². The molecule has 10 heteroatoms. The van der Waals surface area contributed by atoms with Gasteiger partial charge in [0.1, 0.15) is 5.70 Å². The molecular formula is C26H29N3O6S. The third-order valence-corrected chi connectivity index (χ3v) is 6.78. The first-order valence-electron chi connectivity index (χ1n) is 11.4. The zero-order chi connectivity index (χ0) is 26.3. The number of nitrogens with one attached hydrogen (secondary N) is 2. The second kappa shape index (κ2) is 11.7. The Kier molecular flexibility index (Phi) is 8.65. The molecule has 2 aromatic carbocycles. The molecule has 9 nitrogen and oxygen atoms in total. The topological polar surface area (TPSA) is 133 Å². The van der Waals surface area contributed by atoms with Gasteiger partial charge in [-0.15, -0.1) is 0 Å². The van der Waals surface area contributed by atoms with Crippen molar-refractivity contribution in [2.24, 2.45) is 5.92 Å². The van der Waals surface area contributed by atoms with Crippen molar-refractivity contribution in [3.63, 3.8) is 0 Å². The van der Waals surface area contributed by atoms with Crippen molar-refractivity contribution >= 4 is 27.8 Å². The van der Waals surface area contributed by atoms with E-state index < -0.39 is 21.9 Å². The Hall–Kier alpha value is -3.92. The first kappa shape index (κ1) is 26.7. The number of hydrogen-bond acceptors (Lipinski definition) is 6. The maximum Gasteiger partial charge on any atom is 0.352 e. The summed E-state index contributed by atoms with van der Waals surface area (Å²) in [6.07, 6.45) is 3.27. The fourth-order valence-corrected chi connectivity index (χ4v) is 4.67. The second-order valence-corrected chi connectivity index (χ2v) is 10.5. The van der Waals surface area contributed by atoms with Crippen LogP contribution in [0.25, 0.3) is 0 Å². The van der Waals surface area contributed by atoms with Crippen LogP contribution in [-0.2, 0) is 26.0 Å². The fraction of sp³-hybridized carbons (Fsp3) is 0.269. The summed E-state index contributed by atoms with van der Waals surface area (Å²) in [6.45, 7) is 4.62. The van der Waals surface area contributed by atoms with Gasteiger partial charge in [-0.2, -0.15) is 0 Å². The quantitative estimate of drug-likeness (QED) is 0.446. The number of amides is 2. The molecule has 1 aliphatic rings. The van der Waals surface area contributed by atoms with Crippen LogP contribution < -0.4 is 10.0 Å². The van der Waals surface area contributed by atoms with Crippen molar-refractivity contribution < 1.29 is 27.9 Å². The highest BCUT2D eigenvalue weighted by atomic mass is 32.2. The van der Waals surface area contributed by atoms with Crippen LogP contribution in [0.3, 0.4) is 0 Å². The molecule has 3 N–H and O–H groups in total. The Labute approximate surface area is 210 Å². The van der Waals surface area contributed by atoms with Crippen LogP contribution in [0.4, 0.5) is 0 Å². The Morgan fingerprint density at radius 3 is 2.25 bits per heavy atom. The molecule has 1 aliphatic heterocycles.